The van der Waals surface area contributed by atoms with E-state index in [1.54, 1.807) is 0 Å². The second kappa shape index (κ2) is 4.08. The van der Waals surface area contributed by atoms with Crippen LogP contribution in [0.4, 0.5) is 0 Å². The Labute approximate surface area is 116 Å². The monoisotopic (exact) mass is 261 g/mol. The molecule has 1 unspecified atom stereocenters. The van der Waals surface area contributed by atoms with Crippen LogP contribution in [0.5, 0.6) is 0 Å². The molecule has 0 radical (unpaired) electrons. The Hall–Kier alpha value is -0.830. The minimum Gasteiger partial charge on any atom is -0.309 e. The predicted octanol–water partition coefficient (Wildman–Crippen LogP) is 3.03. The molecule has 2 aliphatic carbocycles. The molecule has 0 amide bonds. The minimum atomic E-state index is 0.434. The smallest absolute Gasteiger partial charge is 0.0537 e. The van der Waals surface area contributed by atoms with E-state index in [2.05, 4.69) is 38.1 Å². The molecule has 0 spiro atoms. The highest BCUT2D eigenvalue weighted by atomic mass is 15.3. The van der Waals surface area contributed by atoms with E-state index in [1.165, 1.54) is 30.5 Å². The lowest BCUT2D eigenvalue weighted by molar-refractivity contribution is 0.108. The van der Waals surface area contributed by atoms with Gasteiger partial charge in [0, 0.05) is 30.9 Å². The number of nitrogens with zero attached hydrogens (tertiary/aromatic N) is 2. The molecule has 3 heteroatoms. The molecule has 1 N–H and O–H groups in total. The molecule has 0 aliphatic heterocycles. The van der Waals surface area contributed by atoms with E-state index in [4.69, 9.17) is 0 Å². The van der Waals surface area contributed by atoms with Crippen LogP contribution in [-0.2, 0) is 13.6 Å². The number of fused-ring (bicyclic) bond motifs is 2. The topological polar surface area (TPSA) is 29.9 Å². The van der Waals surface area contributed by atoms with E-state index in [-0.39, 0.29) is 0 Å². The van der Waals surface area contributed by atoms with Crippen molar-refractivity contribution in [2.24, 2.45) is 23.8 Å². The van der Waals surface area contributed by atoms with Crippen molar-refractivity contribution in [3.05, 3.63) is 17.5 Å². The number of hydrogen-bond acceptors (Lipinski definition) is 2. The van der Waals surface area contributed by atoms with Crippen LogP contribution in [0.2, 0.25) is 0 Å². The first-order valence-electron chi connectivity index (χ1n) is 7.55. The number of aromatic nitrogens is 2. The summed E-state index contributed by atoms with van der Waals surface area (Å²) in [5.74, 6) is 0.907. The number of rotatable bonds is 3. The van der Waals surface area contributed by atoms with E-state index < -0.39 is 0 Å². The summed E-state index contributed by atoms with van der Waals surface area (Å²) in [6.07, 6.45) is 6.23. The molecular weight excluding hydrogens is 234 g/mol. The number of hydrogen-bond donors (Lipinski definition) is 1. The molecule has 3 rings (SSSR count). The summed E-state index contributed by atoms with van der Waals surface area (Å²) >= 11 is 0. The predicted molar refractivity (Wildman–Crippen MR) is 77.8 cm³/mol. The Morgan fingerprint density at radius 3 is 2.68 bits per heavy atom. The quantitative estimate of drug-likeness (QED) is 0.906. The third-order valence-corrected chi connectivity index (χ3v) is 6.10. The van der Waals surface area contributed by atoms with Crippen molar-refractivity contribution in [2.45, 2.75) is 59.5 Å². The second-order valence-corrected chi connectivity index (χ2v) is 7.61. The van der Waals surface area contributed by atoms with Gasteiger partial charge in [0.25, 0.3) is 0 Å². The van der Waals surface area contributed by atoms with Gasteiger partial charge >= 0.3 is 0 Å². The SMILES string of the molecule is Cc1c(CNC2C(C)(C)[C@H]3CC[C@]2(C)C3)cnn1C. The van der Waals surface area contributed by atoms with Crippen LogP contribution >= 0.6 is 0 Å². The van der Waals surface area contributed by atoms with Gasteiger partial charge in [-0.15, -0.1) is 0 Å². The normalized spacial score (nSPS) is 36.1. The fourth-order valence-corrected chi connectivity index (χ4v) is 4.74. The summed E-state index contributed by atoms with van der Waals surface area (Å²) in [5.41, 5.74) is 3.55. The van der Waals surface area contributed by atoms with Gasteiger partial charge in [-0.25, -0.2) is 0 Å². The van der Waals surface area contributed by atoms with Gasteiger partial charge in [-0.1, -0.05) is 20.8 Å². The summed E-state index contributed by atoms with van der Waals surface area (Å²) in [4.78, 5) is 0. The van der Waals surface area contributed by atoms with Crippen molar-refractivity contribution in [1.82, 2.24) is 15.1 Å². The number of nitrogens with one attached hydrogen (secondary N) is 1. The molecule has 106 valence electrons. The molecule has 0 aromatic carbocycles. The van der Waals surface area contributed by atoms with Gasteiger partial charge in [-0.05, 0) is 42.9 Å². The largest absolute Gasteiger partial charge is 0.309 e. The van der Waals surface area contributed by atoms with Crippen LogP contribution in [0.1, 0.15) is 51.3 Å². The molecule has 1 heterocycles. The van der Waals surface area contributed by atoms with E-state index in [1.807, 2.05) is 17.9 Å². The lowest BCUT2D eigenvalue weighted by atomic mass is 9.68. The lowest BCUT2D eigenvalue weighted by Gasteiger charge is -2.43. The van der Waals surface area contributed by atoms with Crippen LogP contribution in [0.25, 0.3) is 0 Å². The van der Waals surface area contributed by atoms with Crippen molar-refractivity contribution in [3.8, 4) is 0 Å². The van der Waals surface area contributed by atoms with Crippen LogP contribution in [-0.4, -0.2) is 15.8 Å². The molecule has 19 heavy (non-hydrogen) atoms. The Balaban J connectivity index is 1.75. The fraction of sp³-hybridized carbons (Fsp3) is 0.812. The molecule has 2 fully saturated rings. The third-order valence-electron chi connectivity index (χ3n) is 6.10. The Morgan fingerprint density at radius 2 is 2.16 bits per heavy atom. The van der Waals surface area contributed by atoms with Crippen molar-refractivity contribution in [2.75, 3.05) is 0 Å². The highest BCUT2D eigenvalue weighted by molar-refractivity contribution is 5.17. The van der Waals surface area contributed by atoms with E-state index in [0.29, 0.717) is 16.9 Å². The average molecular weight is 261 g/mol. The standard InChI is InChI=1S/C16H27N3/c1-11-12(10-18-19(11)5)9-17-14-15(2,3)13-6-7-16(14,4)8-13/h10,13-14,17H,6-9H2,1-5H3/t13-,14?,16+/m0/s1. The highest BCUT2D eigenvalue weighted by Crippen LogP contribution is 2.62. The van der Waals surface area contributed by atoms with E-state index in [0.717, 1.165) is 12.5 Å². The van der Waals surface area contributed by atoms with Gasteiger partial charge in [0.2, 0.25) is 0 Å². The van der Waals surface area contributed by atoms with Crippen molar-refractivity contribution in [3.63, 3.8) is 0 Å². The molecule has 3 atom stereocenters. The zero-order valence-corrected chi connectivity index (χ0v) is 13.0. The van der Waals surface area contributed by atoms with Crippen molar-refractivity contribution in [1.29, 1.82) is 0 Å². The van der Waals surface area contributed by atoms with Gasteiger partial charge in [0.1, 0.15) is 0 Å². The van der Waals surface area contributed by atoms with Crippen molar-refractivity contribution < 1.29 is 0 Å². The Kier molecular flexibility index (Phi) is 2.83. The number of aryl methyl sites for hydroxylation is 1. The molecule has 1 aromatic rings. The summed E-state index contributed by atoms with van der Waals surface area (Å²) in [6, 6.07) is 0.637. The summed E-state index contributed by atoms with van der Waals surface area (Å²) in [5, 5.41) is 8.20. The first kappa shape index (κ1) is 13.2. The maximum Gasteiger partial charge on any atom is 0.0537 e. The second-order valence-electron chi connectivity index (χ2n) is 7.61. The molecule has 3 nitrogen and oxygen atoms in total. The summed E-state index contributed by atoms with van der Waals surface area (Å²) in [6.45, 7) is 10.5. The van der Waals surface area contributed by atoms with Gasteiger partial charge in [-0.3, -0.25) is 4.68 Å². The average Bonchev–Trinajstić information content (AvgIpc) is 2.92. The lowest BCUT2D eigenvalue weighted by Crippen LogP contribution is -2.49. The Morgan fingerprint density at radius 1 is 1.42 bits per heavy atom. The molecule has 2 aliphatic rings. The molecule has 2 bridgehead atoms. The van der Waals surface area contributed by atoms with Gasteiger partial charge in [-0.2, -0.15) is 5.10 Å². The fourth-order valence-electron chi connectivity index (χ4n) is 4.74. The van der Waals surface area contributed by atoms with Gasteiger partial charge < -0.3 is 5.32 Å². The molecule has 0 saturated heterocycles. The molecule has 1 aromatic heterocycles. The molecule has 2 saturated carbocycles. The zero-order valence-electron chi connectivity index (χ0n) is 13.0. The first-order chi connectivity index (χ1) is 8.84. The minimum absolute atomic E-state index is 0.434. The van der Waals surface area contributed by atoms with Crippen LogP contribution in [0, 0.1) is 23.7 Å². The molecular formula is C16H27N3. The van der Waals surface area contributed by atoms with Crippen LogP contribution in [0.3, 0.4) is 0 Å². The maximum absolute atomic E-state index is 4.34. The third kappa shape index (κ3) is 1.85. The van der Waals surface area contributed by atoms with E-state index in [9.17, 15) is 0 Å². The zero-order chi connectivity index (χ0) is 13.8. The van der Waals surface area contributed by atoms with Crippen molar-refractivity contribution >= 4 is 0 Å². The summed E-state index contributed by atoms with van der Waals surface area (Å²) < 4.78 is 1.96. The summed E-state index contributed by atoms with van der Waals surface area (Å²) in [7, 11) is 2.02. The maximum atomic E-state index is 4.34. The van der Waals surface area contributed by atoms with Crippen LogP contribution < -0.4 is 5.32 Å². The first-order valence-corrected chi connectivity index (χ1v) is 7.55. The Bertz CT molecular complexity index is 483. The highest BCUT2D eigenvalue weighted by Gasteiger charge is 2.58. The van der Waals surface area contributed by atoms with E-state index >= 15 is 0 Å². The van der Waals surface area contributed by atoms with Gasteiger partial charge in [0.05, 0.1) is 6.20 Å². The van der Waals surface area contributed by atoms with Gasteiger partial charge in [0.15, 0.2) is 0 Å². The van der Waals surface area contributed by atoms with Crippen LogP contribution in [0.15, 0.2) is 6.20 Å².